The first-order chi connectivity index (χ1) is 8.78. The van der Waals surface area contributed by atoms with Gasteiger partial charge in [0.05, 0.1) is 5.75 Å². The Kier molecular flexibility index (Phi) is 5.82. The summed E-state index contributed by atoms with van der Waals surface area (Å²) in [6, 6.07) is 6.94. The summed E-state index contributed by atoms with van der Waals surface area (Å²) < 4.78 is 26.7. The van der Waals surface area contributed by atoms with E-state index >= 15 is 0 Å². The van der Waals surface area contributed by atoms with Gasteiger partial charge >= 0.3 is 0 Å². The molecule has 0 aliphatic heterocycles. The lowest BCUT2D eigenvalue weighted by molar-refractivity contribution is 0.485. The van der Waals surface area contributed by atoms with Crippen LogP contribution in [0, 0.1) is 5.92 Å². The molecule has 0 aliphatic carbocycles. The highest BCUT2D eigenvalue weighted by molar-refractivity contribution is 7.88. The third kappa shape index (κ3) is 6.59. The fraction of sp³-hybridized carbons (Fsp3) is 0.571. The average Bonchev–Trinajstić information content (AvgIpc) is 2.24. The number of nitrogens with one attached hydrogen (secondary N) is 1. The molecule has 1 atom stereocenters. The molecule has 0 fully saturated rings. The summed E-state index contributed by atoms with van der Waals surface area (Å²) in [5.74, 6) is 0.560. The molecule has 0 aliphatic rings. The molecule has 4 nitrogen and oxygen atoms in total. The van der Waals surface area contributed by atoms with E-state index in [2.05, 4.69) is 18.6 Å². The molecule has 0 aromatic heterocycles. The van der Waals surface area contributed by atoms with E-state index in [0.29, 0.717) is 17.2 Å². The van der Waals surface area contributed by atoms with Crippen molar-refractivity contribution in [1.82, 2.24) is 4.72 Å². The second-order valence-corrected chi connectivity index (χ2v) is 7.25. The highest BCUT2D eigenvalue weighted by Gasteiger charge is 2.15. The van der Waals surface area contributed by atoms with Crippen molar-refractivity contribution >= 4 is 15.7 Å². The van der Waals surface area contributed by atoms with Crippen molar-refractivity contribution in [2.45, 2.75) is 45.4 Å². The minimum Gasteiger partial charge on any atom is -0.399 e. The van der Waals surface area contributed by atoms with Gasteiger partial charge in [0.1, 0.15) is 0 Å². The number of hydrogen-bond donors (Lipinski definition) is 2. The van der Waals surface area contributed by atoms with Crippen LogP contribution in [-0.4, -0.2) is 14.5 Å². The van der Waals surface area contributed by atoms with Crippen LogP contribution in [-0.2, 0) is 15.8 Å². The third-order valence-corrected chi connectivity index (χ3v) is 4.34. The molecule has 1 rings (SSSR count). The van der Waals surface area contributed by atoms with Crippen molar-refractivity contribution in [3.63, 3.8) is 0 Å². The molecule has 0 spiro atoms. The molecule has 1 aromatic rings. The van der Waals surface area contributed by atoms with Gasteiger partial charge in [0.15, 0.2) is 0 Å². The Bertz CT molecular complexity index is 498. The van der Waals surface area contributed by atoms with Crippen molar-refractivity contribution in [3.8, 4) is 0 Å². The molecule has 5 heteroatoms. The summed E-state index contributed by atoms with van der Waals surface area (Å²) in [4.78, 5) is 0. The van der Waals surface area contributed by atoms with E-state index in [1.54, 1.807) is 24.3 Å². The minimum absolute atomic E-state index is 0.0238. The first-order valence-corrected chi connectivity index (χ1v) is 8.28. The zero-order chi connectivity index (χ0) is 14.5. The number of nitrogens with two attached hydrogens (primary N) is 1. The number of rotatable bonds is 7. The van der Waals surface area contributed by atoms with Crippen molar-refractivity contribution in [3.05, 3.63) is 29.8 Å². The predicted octanol–water partition coefficient (Wildman–Crippen LogP) is 2.51. The number of hydrogen-bond acceptors (Lipinski definition) is 3. The largest absolute Gasteiger partial charge is 0.399 e. The Hall–Kier alpha value is -1.07. The lowest BCUT2D eigenvalue weighted by Crippen LogP contribution is -2.33. The lowest BCUT2D eigenvalue weighted by Gasteiger charge is -2.15. The van der Waals surface area contributed by atoms with Crippen molar-refractivity contribution in [2.24, 2.45) is 5.92 Å². The van der Waals surface area contributed by atoms with Crippen LogP contribution in [0.25, 0.3) is 0 Å². The smallest absolute Gasteiger partial charge is 0.216 e. The molecule has 0 radical (unpaired) electrons. The summed E-state index contributed by atoms with van der Waals surface area (Å²) in [5.41, 5.74) is 6.94. The molecule has 3 N–H and O–H groups in total. The van der Waals surface area contributed by atoms with Gasteiger partial charge in [-0.3, -0.25) is 0 Å². The van der Waals surface area contributed by atoms with Gasteiger partial charge in [-0.15, -0.1) is 0 Å². The van der Waals surface area contributed by atoms with Gasteiger partial charge in [-0.25, -0.2) is 13.1 Å². The second kappa shape index (κ2) is 6.91. The Balaban J connectivity index is 2.56. The molecular weight excluding hydrogens is 260 g/mol. The summed E-state index contributed by atoms with van der Waals surface area (Å²) >= 11 is 0. The van der Waals surface area contributed by atoms with Gasteiger partial charge in [0.25, 0.3) is 0 Å². The maximum absolute atomic E-state index is 12.0. The Morgan fingerprint density at radius 3 is 2.47 bits per heavy atom. The van der Waals surface area contributed by atoms with E-state index < -0.39 is 10.0 Å². The summed E-state index contributed by atoms with van der Waals surface area (Å²) in [6.45, 7) is 6.17. The van der Waals surface area contributed by atoms with Crippen LogP contribution in [0.5, 0.6) is 0 Å². The molecule has 0 saturated carbocycles. The fourth-order valence-electron chi connectivity index (χ4n) is 1.89. The van der Waals surface area contributed by atoms with Crippen LogP contribution >= 0.6 is 0 Å². The quantitative estimate of drug-likeness (QED) is 0.756. The molecule has 0 saturated heterocycles. The molecule has 0 bridgehead atoms. The second-order valence-electron chi connectivity index (χ2n) is 5.49. The molecule has 0 amide bonds. The van der Waals surface area contributed by atoms with E-state index in [1.807, 2.05) is 6.92 Å². The Morgan fingerprint density at radius 1 is 1.21 bits per heavy atom. The Morgan fingerprint density at radius 2 is 1.89 bits per heavy atom. The van der Waals surface area contributed by atoms with Gasteiger partial charge in [0.2, 0.25) is 10.0 Å². The van der Waals surface area contributed by atoms with Crippen LogP contribution in [0.3, 0.4) is 0 Å². The average molecular weight is 284 g/mol. The molecule has 0 heterocycles. The normalized spacial score (nSPS) is 13.7. The number of sulfonamides is 1. The van der Waals surface area contributed by atoms with Crippen molar-refractivity contribution in [2.75, 3.05) is 5.73 Å². The van der Waals surface area contributed by atoms with Crippen LogP contribution in [0.1, 0.15) is 39.2 Å². The number of benzene rings is 1. The minimum atomic E-state index is -3.30. The van der Waals surface area contributed by atoms with E-state index in [-0.39, 0.29) is 11.8 Å². The third-order valence-electron chi connectivity index (χ3n) is 2.87. The van der Waals surface area contributed by atoms with Gasteiger partial charge in [-0.1, -0.05) is 26.0 Å². The number of nitrogen functional groups attached to an aromatic ring is 1. The first-order valence-electron chi connectivity index (χ1n) is 6.63. The number of anilines is 1. The van der Waals surface area contributed by atoms with Gasteiger partial charge < -0.3 is 5.73 Å². The summed E-state index contributed by atoms with van der Waals surface area (Å²) in [5, 5.41) is 0. The van der Waals surface area contributed by atoms with Gasteiger partial charge in [-0.05, 0) is 43.4 Å². The SMILES string of the molecule is CC(C)CCC(C)NS(=O)(=O)Cc1cccc(N)c1. The predicted molar refractivity (Wildman–Crippen MR) is 80.1 cm³/mol. The van der Waals surface area contributed by atoms with Crippen LogP contribution in [0.4, 0.5) is 5.69 Å². The Labute approximate surface area is 116 Å². The van der Waals surface area contributed by atoms with Gasteiger partial charge in [0, 0.05) is 11.7 Å². The molecular formula is C14H24N2O2S. The summed E-state index contributed by atoms with van der Waals surface area (Å²) in [7, 11) is -3.30. The maximum atomic E-state index is 12.0. The zero-order valence-corrected chi connectivity index (χ0v) is 12.7. The highest BCUT2D eigenvalue weighted by Crippen LogP contribution is 2.12. The zero-order valence-electron chi connectivity index (χ0n) is 11.9. The monoisotopic (exact) mass is 284 g/mol. The fourth-order valence-corrected chi connectivity index (χ4v) is 3.33. The molecule has 1 unspecified atom stereocenters. The van der Waals surface area contributed by atoms with Crippen LogP contribution < -0.4 is 10.5 Å². The molecule has 19 heavy (non-hydrogen) atoms. The molecule has 1 aromatic carbocycles. The van der Waals surface area contributed by atoms with E-state index in [4.69, 9.17) is 5.73 Å². The van der Waals surface area contributed by atoms with Crippen LogP contribution in [0.15, 0.2) is 24.3 Å². The van der Waals surface area contributed by atoms with Gasteiger partial charge in [-0.2, -0.15) is 0 Å². The van der Waals surface area contributed by atoms with Crippen molar-refractivity contribution in [1.29, 1.82) is 0 Å². The lowest BCUT2D eigenvalue weighted by atomic mass is 10.1. The van der Waals surface area contributed by atoms with Crippen LogP contribution in [0.2, 0.25) is 0 Å². The van der Waals surface area contributed by atoms with E-state index in [9.17, 15) is 8.42 Å². The van der Waals surface area contributed by atoms with E-state index in [0.717, 1.165) is 12.8 Å². The maximum Gasteiger partial charge on any atom is 0.216 e. The first kappa shape index (κ1) is 16.0. The highest BCUT2D eigenvalue weighted by atomic mass is 32.2. The molecule has 108 valence electrons. The van der Waals surface area contributed by atoms with Crippen molar-refractivity contribution < 1.29 is 8.42 Å². The topological polar surface area (TPSA) is 72.2 Å². The van der Waals surface area contributed by atoms with E-state index in [1.165, 1.54) is 0 Å². The standard InChI is InChI=1S/C14H24N2O2S/c1-11(2)7-8-12(3)16-19(17,18)10-13-5-4-6-14(15)9-13/h4-6,9,11-12,16H,7-8,10,15H2,1-3H3. The summed E-state index contributed by atoms with van der Waals surface area (Å²) in [6.07, 6.45) is 1.87.